The van der Waals surface area contributed by atoms with Gasteiger partial charge in [-0.1, -0.05) is 54.6 Å². The predicted molar refractivity (Wildman–Crippen MR) is 89.7 cm³/mol. The van der Waals surface area contributed by atoms with E-state index in [1.807, 2.05) is 54.6 Å². The maximum absolute atomic E-state index is 11.1. The molecule has 3 N–H and O–H groups in total. The average molecular weight is 322 g/mol. The third kappa shape index (κ3) is 4.02. The molecule has 0 aliphatic heterocycles. The average Bonchev–Trinajstić information content (AvgIpc) is 3.10. The van der Waals surface area contributed by atoms with Gasteiger partial charge in [-0.25, -0.2) is 0 Å². The molecule has 0 aliphatic carbocycles. The van der Waals surface area contributed by atoms with Crippen molar-refractivity contribution in [3.05, 3.63) is 65.7 Å². The van der Waals surface area contributed by atoms with E-state index in [-0.39, 0.29) is 12.5 Å². The molecule has 1 heterocycles. The molecule has 2 aromatic carbocycles. The highest BCUT2D eigenvalue weighted by Crippen LogP contribution is 2.12. The summed E-state index contributed by atoms with van der Waals surface area (Å²) >= 11 is 0. The Balaban J connectivity index is 1.62. The summed E-state index contributed by atoms with van der Waals surface area (Å²) in [7, 11) is 0. The van der Waals surface area contributed by atoms with Crippen molar-refractivity contribution in [1.82, 2.24) is 25.5 Å². The molecule has 3 rings (SSSR count). The van der Waals surface area contributed by atoms with E-state index >= 15 is 0 Å². The fraction of sp³-hybridized carbons (Fsp3) is 0.176. The molecule has 24 heavy (non-hydrogen) atoms. The highest BCUT2D eigenvalue weighted by atomic mass is 16.1. The monoisotopic (exact) mass is 322 g/mol. The van der Waals surface area contributed by atoms with Crippen LogP contribution < -0.4 is 11.1 Å². The van der Waals surface area contributed by atoms with Gasteiger partial charge in [0.25, 0.3) is 0 Å². The molecule has 0 spiro atoms. The Morgan fingerprint density at radius 1 is 1.04 bits per heavy atom. The molecular formula is C17H18N6O. The summed E-state index contributed by atoms with van der Waals surface area (Å²) < 4.78 is 0. The molecule has 122 valence electrons. The lowest BCUT2D eigenvalue weighted by Crippen LogP contribution is -2.29. The van der Waals surface area contributed by atoms with Crippen LogP contribution in [0.4, 0.5) is 0 Å². The minimum atomic E-state index is -0.167. The molecule has 0 fully saturated rings. The van der Waals surface area contributed by atoms with Crippen LogP contribution in [0.3, 0.4) is 0 Å². The van der Waals surface area contributed by atoms with Crippen LogP contribution >= 0.6 is 0 Å². The van der Waals surface area contributed by atoms with Gasteiger partial charge in [0.2, 0.25) is 11.7 Å². The molecule has 0 aliphatic rings. The highest BCUT2D eigenvalue weighted by molar-refractivity contribution is 5.77. The summed E-state index contributed by atoms with van der Waals surface area (Å²) in [4.78, 5) is 12.7. The van der Waals surface area contributed by atoms with Crippen molar-refractivity contribution < 1.29 is 4.79 Å². The van der Waals surface area contributed by atoms with E-state index in [4.69, 9.17) is 5.73 Å². The predicted octanol–water partition coefficient (Wildman–Crippen LogP) is 0.963. The normalized spacial score (nSPS) is 10.5. The van der Waals surface area contributed by atoms with Gasteiger partial charge in [-0.05, 0) is 16.3 Å². The third-order valence-electron chi connectivity index (χ3n) is 3.51. The number of benzene rings is 2. The molecule has 0 saturated carbocycles. The molecule has 1 aromatic heterocycles. The van der Waals surface area contributed by atoms with Gasteiger partial charge >= 0.3 is 0 Å². The van der Waals surface area contributed by atoms with Crippen LogP contribution in [0.15, 0.2) is 54.6 Å². The van der Waals surface area contributed by atoms with Gasteiger partial charge in [-0.2, -0.15) is 4.80 Å². The Bertz CT molecular complexity index is 797. The van der Waals surface area contributed by atoms with E-state index in [0.717, 1.165) is 16.7 Å². The fourth-order valence-corrected chi connectivity index (χ4v) is 2.21. The number of hydrogen-bond acceptors (Lipinski definition) is 5. The quantitative estimate of drug-likeness (QED) is 0.704. The first-order valence-corrected chi connectivity index (χ1v) is 7.62. The number of aromatic nitrogens is 4. The second kappa shape index (κ2) is 7.47. The number of amides is 1. The minimum absolute atomic E-state index is 0.000199. The van der Waals surface area contributed by atoms with Crippen LogP contribution in [-0.2, 0) is 17.9 Å². The topological polar surface area (TPSA) is 98.7 Å². The first kappa shape index (κ1) is 15.8. The van der Waals surface area contributed by atoms with Gasteiger partial charge in [0.05, 0.1) is 13.1 Å². The van der Waals surface area contributed by atoms with Crippen molar-refractivity contribution in [1.29, 1.82) is 0 Å². The summed E-state index contributed by atoms with van der Waals surface area (Å²) in [6.45, 7) is 1.01. The number of nitrogens with one attached hydrogen (secondary N) is 1. The molecule has 7 heteroatoms. The van der Waals surface area contributed by atoms with Crippen molar-refractivity contribution in [3.8, 4) is 11.4 Å². The zero-order valence-electron chi connectivity index (χ0n) is 13.1. The van der Waals surface area contributed by atoms with Crippen molar-refractivity contribution in [2.45, 2.75) is 13.1 Å². The standard InChI is InChI=1S/C17H18N6O/c18-10-16(24)19-11-13-6-8-14(9-7-13)12-23-21-17(20-22-23)15-4-2-1-3-5-15/h1-9H,10-12,18H2,(H,19,24). The van der Waals surface area contributed by atoms with Crippen LogP contribution in [0.2, 0.25) is 0 Å². The number of tetrazole rings is 1. The molecule has 1 amide bonds. The highest BCUT2D eigenvalue weighted by Gasteiger charge is 2.06. The summed E-state index contributed by atoms with van der Waals surface area (Å²) in [6.07, 6.45) is 0. The van der Waals surface area contributed by atoms with Crippen molar-refractivity contribution in [3.63, 3.8) is 0 Å². The SMILES string of the molecule is NCC(=O)NCc1ccc(Cn2nnc(-c3ccccc3)n2)cc1. The maximum Gasteiger partial charge on any atom is 0.234 e. The van der Waals surface area contributed by atoms with E-state index in [1.165, 1.54) is 0 Å². The Morgan fingerprint density at radius 3 is 2.46 bits per heavy atom. The number of hydrogen-bond donors (Lipinski definition) is 2. The molecule has 0 unspecified atom stereocenters. The van der Waals surface area contributed by atoms with Crippen molar-refractivity contribution >= 4 is 5.91 Å². The van der Waals surface area contributed by atoms with Crippen LogP contribution in [0.1, 0.15) is 11.1 Å². The van der Waals surface area contributed by atoms with Gasteiger partial charge in [0.1, 0.15) is 0 Å². The summed E-state index contributed by atoms with van der Waals surface area (Å²) in [6, 6.07) is 17.6. The van der Waals surface area contributed by atoms with E-state index in [1.54, 1.807) is 4.80 Å². The zero-order chi connectivity index (χ0) is 16.8. The second-order valence-electron chi connectivity index (χ2n) is 5.31. The van der Waals surface area contributed by atoms with E-state index in [0.29, 0.717) is 18.9 Å². The molecule has 3 aromatic rings. The Morgan fingerprint density at radius 2 is 1.75 bits per heavy atom. The number of nitrogens with two attached hydrogens (primary N) is 1. The Labute approximate surface area is 139 Å². The summed E-state index contributed by atoms with van der Waals surface area (Å²) in [5.41, 5.74) is 8.26. The Hall–Kier alpha value is -3.06. The largest absolute Gasteiger partial charge is 0.351 e. The lowest BCUT2D eigenvalue weighted by atomic mass is 10.1. The fourth-order valence-electron chi connectivity index (χ4n) is 2.21. The number of carbonyl (C=O) groups excluding carboxylic acids is 1. The number of carbonyl (C=O) groups is 1. The lowest BCUT2D eigenvalue weighted by Gasteiger charge is -2.05. The molecule has 0 radical (unpaired) electrons. The van der Waals surface area contributed by atoms with Crippen LogP contribution in [0.25, 0.3) is 11.4 Å². The third-order valence-corrected chi connectivity index (χ3v) is 3.51. The van der Waals surface area contributed by atoms with E-state index in [2.05, 4.69) is 20.7 Å². The first-order chi connectivity index (χ1) is 11.7. The van der Waals surface area contributed by atoms with Crippen molar-refractivity contribution in [2.75, 3.05) is 6.54 Å². The van der Waals surface area contributed by atoms with E-state index in [9.17, 15) is 4.79 Å². The van der Waals surface area contributed by atoms with Gasteiger partial charge in [-0.3, -0.25) is 4.79 Å². The van der Waals surface area contributed by atoms with Gasteiger partial charge in [0, 0.05) is 12.1 Å². The number of nitrogens with zero attached hydrogens (tertiary/aromatic N) is 4. The molecule has 0 atom stereocenters. The smallest absolute Gasteiger partial charge is 0.234 e. The Kier molecular flexibility index (Phi) is 4.93. The second-order valence-corrected chi connectivity index (χ2v) is 5.31. The van der Waals surface area contributed by atoms with Crippen LogP contribution in [-0.4, -0.2) is 32.7 Å². The van der Waals surface area contributed by atoms with Crippen LogP contribution in [0, 0.1) is 0 Å². The van der Waals surface area contributed by atoms with Crippen molar-refractivity contribution in [2.24, 2.45) is 5.73 Å². The zero-order valence-corrected chi connectivity index (χ0v) is 13.1. The minimum Gasteiger partial charge on any atom is -0.351 e. The summed E-state index contributed by atoms with van der Waals surface area (Å²) in [5, 5.41) is 15.3. The number of rotatable bonds is 6. The van der Waals surface area contributed by atoms with Crippen LogP contribution in [0.5, 0.6) is 0 Å². The maximum atomic E-state index is 11.1. The molecule has 0 saturated heterocycles. The van der Waals surface area contributed by atoms with Gasteiger partial charge in [0.15, 0.2) is 0 Å². The van der Waals surface area contributed by atoms with Gasteiger partial charge in [-0.15, -0.1) is 10.2 Å². The van der Waals surface area contributed by atoms with E-state index < -0.39 is 0 Å². The summed E-state index contributed by atoms with van der Waals surface area (Å²) in [5.74, 6) is 0.441. The first-order valence-electron chi connectivity index (χ1n) is 7.62. The molecular weight excluding hydrogens is 304 g/mol. The molecule has 7 nitrogen and oxygen atoms in total. The lowest BCUT2D eigenvalue weighted by molar-refractivity contribution is -0.119. The molecule has 0 bridgehead atoms. The van der Waals surface area contributed by atoms with Gasteiger partial charge < -0.3 is 11.1 Å².